The first-order chi connectivity index (χ1) is 11.6. The van der Waals surface area contributed by atoms with E-state index in [1.165, 1.54) is 0 Å². The van der Waals surface area contributed by atoms with Gasteiger partial charge in [0.15, 0.2) is 5.82 Å². The van der Waals surface area contributed by atoms with Gasteiger partial charge in [-0.25, -0.2) is 4.98 Å². The largest absolute Gasteiger partial charge is 0.366 e. The summed E-state index contributed by atoms with van der Waals surface area (Å²) in [6.45, 7) is 0. The third-order valence-electron chi connectivity index (χ3n) is 3.78. The highest BCUT2D eigenvalue weighted by Gasteiger charge is 2.09. The molecular weight excluding hydrogens is 324 g/mol. The van der Waals surface area contributed by atoms with E-state index in [1.54, 1.807) is 6.07 Å². The number of nitrogens with one attached hydrogen (secondary N) is 1. The fourth-order valence-electron chi connectivity index (χ4n) is 2.56. The Kier molecular flexibility index (Phi) is 4.91. The first-order valence-corrected chi connectivity index (χ1v) is 8.06. The molecule has 24 heavy (non-hydrogen) atoms. The fraction of sp³-hybridized carbons (Fsp3) is 0.167. The van der Waals surface area contributed by atoms with E-state index in [2.05, 4.69) is 15.2 Å². The van der Waals surface area contributed by atoms with Crippen molar-refractivity contribution in [1.82, 2.24) is 15.2 Å². The summed E-state index contributed by atoms with van der Waals surface area (Å²) in [7, 11) is 0. The van der Waals surface area contributed by atoms with E-state index < -0.39 is 5.91 Å². The second kappa shape index (κ2) is 7.27. The van der Waals surface area contributed by atoms with Crippen LogP contribution in [0.25, 0.3) is 11.4 Å². The molecule has 0 spiro atoms. The van der Waals surface area contributed by atoms with Crippen molar-refractivity contribution in [1.29, 1.82) is 0 Å². The number of aromatic nitrogens is 3. The number of hydrogen-bond acceptors (Lipinski definition) is 3. The van der Waals surface area contributed by atoms with Gasteiger partial charge >= 0.3 is 0 Å². The van der Waals surface area contributed by atoms with Gasteiger partial charge in [-0.05, 0) is 48.7 Å². The zero-order valence-corrected chi connectivity index (χ0v) is 13.8. The van der Waals surface area contributed by atoms with Crippen LogP contribution in [0.5, 0.6) is 0 Å². The number of primary amides is 1. The van der Waals surface area contributed by atoms with Crippen LogP contribution in [0.2, 0.25) is 5.02 Å². The Morgan fingerprint density at radius 3 is 2.58 bits per heavy atom. The monoisotopic (exact) mass is 340 g/mol. The van der Waals surface area contributed by atoms with Crippen LogP contribution in [0.3, 0.4) is 0 Å². The number of amides is 1. The number of carbonyl (C=O) groups is 1. The number of H-pyrrole nitrogens is 1. The van der Waals surface area contributed by atoms with E-state index in [9.17, 15) is 4.79 Å². The van der Waals surface area contributed by atoms with Crippen LogP contribution in [0, 0.1) is 0 Å². The van der Waals surface area contributed by atoms with Gasteiger partial charge < -0.3 is 5.73 Å². The molecule has 6 heteroatoms. The summed E-state index contributed by atoms with van der Waals surface area (Å²) in [5.41, 5.74) is 7.86. The van der Waals surface area contributed by atoms with E-state index >= 15 is 0 Å². The van der Waals surface area contributed by atoms with Gasteiger partial charge in [-0.15, -0.1) is 0 Å². The Morgan fingerprint density at radius 2 is 1.83 bits per heavy atom. The normalized spacial score (nSPS) is 10.7. The van der Waals surface area contributed by atoms with Crippen LogP contribution in [-0.4, -0.2) is 21.1 Å². The summed E-state index contributed by atoms with van der Waals surface area (Å²) >= 11 is 5.88. The number of rotatable bonds is 6. The maximum Gasteiger partial charge on any atom is 0.248 e. The lowest BCUT2D eigenvalue weighted by molar-refractivity contribution is 0.0999. The number of carbonyl (C=O) groups excluding carboxylic acids is 1. The number of benzene rings is 2. The number of aryl methyl sites for hydroxylation is 2. The number of hydrogen-bond donors (Lipinski definition) is 2. The summed E-state index contributed by atoms with van der Waals surface area (Å²) < 4.78 is 0. The molecule has 0 saturated carbocycles. The molecule has 3 N–H and O–H groups in total. The fourth-order valence-corrected chi connectivity index (χ4v) is 2.69. The van der Waals surface area contributed by atoms with E-state index in [4.69, 9.17) is 17.3 Å². The third kappa shape index (κ3) is 3.81. The van der Waals surface area contributed by atoms with E-state index in [0.717, 1.165) is 36.2 Å². The van der Waals surface area contributed by atoms with Crippen molar-refractivity contribution >= 4 is 17.5 Å². The second-order valence-corrected chi connectivity index (χ2v) is 5.92. The molecule has 5 nitrogen and oxygen atoms in total. The smallest absolute Gasteiger partial charge is 0.248 e. The molecule has 0 atom stereocenters. The summed E-state index contributed by atoms with van der Waals surface area (Å²) in [5.74, 6) is 1.07. The van der Waals surface area contributed by atoms with Gasteiger partial charge in [-0.1, -0.05) is 29.8 Å². The molecule has 3 aromatic rings. The van der Waals surface area contributed by atoms with Gasteiger partial charge in [0.2, 0.25) is 5.91 Å². The highest BCUT2D eigenvalue weighted by molar-refractivity contribution is 6.30. The van der Waals surface area contributed by atoms with Gasteiger partial charge in [-0.3, -0.25) is 9.89 Å². The lowest BCUT2D eigenvalue weighted by Crippen LogP contribution is -2.13. The minimum Gasteiger partial charge on any atom is -0.366 e. The molecule has 1 aromatic heterocycles. The maximum atomic E-state index is 11.4. The predicted octanol–water partition coefficient (Wildman–Crippen LogP) is 3.40. The third-order valence-corrected chi connectivity index (χ3v) is 4.03. The topological polar surface area (TPSA) is 84.7 Å². The number of nitrogens with zero attached hydrogens (tertiary/aromatic N) is 2. The quantitative estimate of drug-likeness (QED) is 0.721. The molecule has 0 aliphatic carbocycles. The van der Waals surface area contributed by atoms with Crippen molar-refractivity contribution in [2.24, 2.45) is 5.73 Å². The average molecular weight is 341 g/mol. The molecule has 0 bridgehead atoms. The summed E-state index contributed by atoms with van der Waals surface area (Å²) in [5, 5.41) is 7.87. The molecule has 0 radical (unpaired) electrons. The van der Waals surface area contributed by atoms with Gasteiger partial charge in [0.25, 0.3) is 0 Å². The lowest BCUT2D eigenvalue weighted by atomic mass is 10.0. The van der Waals surface area contributed by atoms with E-state index in [1.807, 2.05) is 42.5 Å². The van der Waals surface area contributed by atoms with Crippen molar-refractivity contribution in [2.75, 3.05) is 0 Å². The molecule has 1 amide bonds. The van der Waals surface area contributed by atoms with Crippen molar-refractivity contribution in [3.63, 3.8) is 0 Å². The summed E-state index contributed by atoms with van der Waals surface area (Å²) in [6, 6.07) is 14.8. The number of aromatic amines is 1. The Bertz CT molecular complexity index is 842. The van der Waals surface area contributed by atoms with Crippen LogP contribution in [0.15, 0.2) is 48.5 Å². The number of halogens is 1. The van der Waals surface area contributed by atoms with E-state index in [0.29, 0.717) is 16.4 Å². The van der Waals surface area contributed by atoms with Gasteiger partial charge in [0.1, 0.15) is 5.82 Å². The first-order valence-electron chi connectivity index (χ1n) is 7.68. The average Bonchev–Trinajstić information content (AvgIpc) is 3.05. The van der Waals surface area contributed by atoms with Gasteiger partial charge in [0.05, 0.1) is 0 Å². The minimum absolute atomic E-state index is 0.393. The van der Waals surface area contributed by atoms with Crippen molar-refractivity contribution in [3.8, 4) is 11.4 Å². The van der Waals surface area contributed by atoms with Crippen LogP contribution < -0.4 is 5.73 Å². The Labute approximate surface area is 144 Å². The standard InChI is InChI=1S/C18H17ClN4O/c19-14-10-8-13(9-11-14)18-21-16(22-23-18)7-3-5-12-4-1-2-6-15(12)17(20)24/h1-2,4,6,8-11H,3,5,7H2,(H2,20,24)(H,21,22,23). The second-order valence-electron chi connectivity index (χ2n) is 5.49. The molecule has 0 unspecified atom stereocenters. The first kappa shape index (κ1) is 16.2. The van der Waals surface area contributed by atoms with Crippen LogP contribution in [-0.2, 0) is 12.8 Å². The molecule has 0 aliphatic heterocycles. The zero-order chi connectivity index (χ0) is 16.9. The van der Waals surface area contributed by atoms with Gasteiger partial charge in [0, 0.05) is 22.6 Å². The zero-order valence-electron chi connectivity index (χ0n) is 13.0. The van der Waals surface area contributed by atoms with Crippen LogP contribution in [0.1, 0.15) is 28.2 Å². The highest BCUT2D eigenvalue weighted by atomic mass is 35.5. The van der Waals surface area contributed by atoms with Crippen molar-refractivity contribution in [2.45, 2.75) is 19.3 Å². The summed E-state index contributed by atoms with van der Waals surface area (Å²) in [4.78, 5) is 15.9. The maximum absolute atomic E-state index is 11.4. The molecular formula is C18H17ClN4O. The van der Waals surface area contributed by atoms with Gasteiger partial charge in [-0.2, -0.15) is 5.10 Å². The molecule has 0 aliphatic rings. The molecule has 3 rings (SSSR count). The van der Waals surface area contributed by atoms with Crippen molar-refractivity contribution < 1.29 is 4.79 Å². The van der Waals surface area contributed by atoms with Crippen molar-refractivity contribution in [3.05, 3.63) is 70.5 Å². The van der Waals surface area contributed by atoms with E-state index in [-0.39, 0.29) is 0 Å². The highest BCUT2D eigenvalue weighted by Crippen LogP contribution is 2.18. The SMILES string of the molecule is NC(=O)c1ccccc1CCCc1nc(-c2ccc(Cl)cc2)n[nH]1. The molecule has 2 aromatic carbocycles. The Morgan fingerprint density at radius 1 is 1.08 bits per heavy atom. The molecule has 0 fully saturated rings. The predicted molar refractivity (Wildman–Crippen MR) is 93.8 cm³/mol. The summed E-state index contributed by atoms with van der Waals surface area (Å²) in [6.07, 6.45) is 2.35. The Balaban J connectivity index is 1.62. The molecule has 1 heterocycles. The minimum atomic E-state index is -0.393. The van der Waals surface area contributed by atoms with Crippen LogP contribution >= 0.6 is 11.6 Å². The molecule has 122 valence electrons. The van der Waals surface area contributed by atoms with Crippen LogP contribution in [0.4, 0.5) is 0 Å². The molecule has 0 saturated heterocycles. The Hall–Kier alpha value is -2.66. The number of nitrogens with two attached hydrogens (primary N) is 1. The lowest BCUT2D eigenvalue weighted by Gasteiger charge is -2.05.